The molecule has 3 heteroatoms. The fourth-order valence-corrected chi connectivity index (χ4v) is 2.94. The van der Waals surface area contributed by atoms with E-state index in [-0.39, 0.29) is 0 Å². The van der Waals surface area contributed by atoms with Gasteiger partial charge in [0.25, 0.3) is 0 Å². The number of hydrogen-bond acceptors (Lipinski definition) is 1. The summed E-state index contributed by atoms with van der Waals surface area (Å²) >= 11 is 3.63. The van der Waals surface area contributed by atoms with Crippen LogP contribution in [0.1, 0.15) is 46.4 Å². The van der Waals surface area contributed by atoms with Crippen LogP contribution in [-0.2, 0) is 6.54 Å². The molecule has 0 radical (unpaired) electrons. The molecule has 0 aliphatic carbocycles. The smallest absolute Gasteiger partial charge is 0.111 e. The van der Waals surface area contributed by atoms with Crippen LogP contribution in [0.3, 0.4) is 0 Å². The van der Waals surface area contributed by atoms with Crippen molar-refractivity contribution < 1.29 is 0 Å². The van der Waals surface area contributed by atoms with Crippen molar-refractivity contribution in [3.05, 3.63) is 18.2 Å². The fourth-order valence-electron chi connectivity index (χ4n) is 1.77. The molecule has 16 heavy (non-hydrogen) atoms. The quantitative estimate of drug-likeness (QED) is 0.763. The molecule has 0 saturated heterocycles. The lowest BCUT2D eigenvalue weighted by molar-refractivity contribution is 0.236. The topological polar surface area (TPSA) is 17.8 Å². The molecule has 0 bridgehead atoms. The summed E-state index contributed by atoms with van der Waals surface area (Å²) in [5.74, 6) is 2.31. The summed E-state index contributed by atoms with van der Waals surface area (Å²) in [6, 6.07) is 0. The zero-order chi connectivity index (χ0) is 12.3. The molecule has 92 valence electrons. The molecule has 1 heterocycles. The molecule has 0 saturated carbocycles. The van der Waals surface area contributed by atoms with E-state index in [1.807, 2.05) is 6.20 Å². The SMILES string of the molecule is CC(C)c1nccn1CC(CBr)C(C)(C)C. The van der Waals surface area contributed by atoms with Gasteiger partial charge in [0.15, 0.2) is 0 Å². The normalized spacial score (nSPS) is 14.4. The molecule has 1 aromatic heterocycles. The summed E-state index contributed by atoms with van der Waals surface area (Å²) in [6.45, 7) is 12.3. The Morgan fingerprint density at radius 3 is 2.44 bits per heavy atom. The number of imidazole rings is 1. The van der Waals surface area contributed by atoms with Crippen LogP contribution >= 0.6 is 15.9 Å². The minimum absolute atomic E-state index is 0.321. The van der Waals surface area contributed by atoms with Crippen LogP contribution in [0, 0.1) is 11.3 Å². The Bertz CT molecular complexity index is 323. The minimum atomic E-state index is 0.321. The van der Waals surface area contributed by atoms with Gasteiger partial charge in [-0.25, -0.2) is 4.98 Å². The van der Waals surface area contributed by atoms with Crippen molar-refractivity contribution >= 4 is 15.9 Å². The predicted molar refractivity (Wildman–Crippen MR) is 73.1 cm³/mol. The van der Waals surface area contributed by atoms with Gasteiger partial charge in [0.1, 0.15) is 5.82 Å². The summed E-state index contributed by atoms with van der Waals surface area (Å²) in [5, 5.41) is 1.03. The van der Waals surface area contributed by atoms with E-state index in [4.69, 9.17) is 0 Å². The Hall–Kier alpha value is -0.310. The van der Waals surface area contributed by atoms with Crippen LogP contribution in [0.15, 0.2) is 12.4 Å². The fraction of sp³-hybridized carbons (Fsp3) is 0.769. The lowest BCUT2D eigenvalue weighted by Gasteiger charge is -2.30. The zero-order valence-electron chi connectivity index (χ0n) is 11.0. The zero-order valence-corrected chi connectivity index (χ0v) is 12.6. The highest BCUT2D eigenvalue weighted by atomic mass is 79.9. The largest absolute Gasteiger partial charge is 0.334 e. The van der Waals surface area contributed by atoms with Crippen LogP contribution in [0.5, 0.6) is 0 Å². The highest BCUT2D eigenvalue weighted by Gasteiger charge is 2.24. The average Bonchev–Trinajstić information content (AvgIpc) is 2.59. The molecule has 0 aliphatic heterocycles. The molecule has 1 atom stereocenters. The minimum Gasteiger partial charge on any atom is -0.334 e. The predicted octanol–water partition coefficient (Wildman–Crippen LogP) is 4.06. The molecular formula is C13H23BrN2. The van der Waals surface area contributed by atoms with Crippen molar-refractivity contribution in [2.45, 2.75) is 47.1 Å². The third kappa shape index (κ3) is 3.34. The summed E-state index contributed by atoms with van der Waals surface area (Å²) in [5.41, 5.74) is 0.321. The van der Waals surface area contributed by atoms with Gasteiger partial charge >= 0.3 is 0 Å². The van der Waals surface area contributed by atoms with Gasteiger partial charge in [0, 0.05) is 30.2 Å². The second-order valence-corrected chi connectivity index (χ2v) is 6.46. The average molecular weight is 287 g/mol. The lowest BCUT2D eigenvalue weighted by atomic mass is 9.82. The van der Waals surface area contributed by atoms with Crippen LogP contribution < -0.4 is 0 Å². The molecule has 1 unspecified atom stereocenters. The second kappa shape index (κ2) is 5.35. The van der Waals surface area contributed by atoms with Gasteiger partial charge in [-0.1, -0.05) is 50.5 Å². The Balaban J connectivity index is 2.82. The summed E-state index contributed by atoms with van der Waals surface area (Å²) in [6.07, 6.45) is 4.00. The number of halogens is 1. The first kappa shape index (κ1) is 13.8. The second-order valence-electron chi connectivity index (χ2n) is 5.81. The molecule has 0 fully saturated rings. The van der Waals surface area contributed by atoms with Crippen LogP contribution in [-0.4, -0.2) is 14.9 Å². The van der Waals surface area contributed by atoms with Gasteiger partial charge in [0.2, 0.25) is 0 Å². The van der Waals surface area contributed by atoms with E-state index >= 15 is 0 Å². The van der Waals surface area contributed by atoms with E-state index in [0.717, 1.165) is 11.9 Å². The maximum absolute atomic E-state index is 4.43. The lowest BCUT2D eigenvalue weighted by Crippen LogP contribution is -2.27. The van der Waals surface area contributed by atoms with Gasteiger partial charge in [-0.05, 0) is 11.3 Å². The maximum Gasteiger partial charge on any atom is 0.111 e. The molecule has 1 aromatic rings. The van der Waals surface area contributed by atoms with Crippen molar-refractivity contribution in [2.75, 3.05) is 5.33 Å². The molecule has 0 aliphatic rings. The molecule has 0 spiro atoms. The van der Waals surface area contributed by atoms with E-state index in [2.05, 4.69) is 66.3 Å². The van der Waals surface area contributed by atoms with E-state index < -0.39 is 0 Å². The van der Waals surface area contributed by atoms with Crippen molar-refractivity contribution in [2.24, 2.45) is 11.3 Å². The van der Waals surface area contributed by atoms with Crippen LogP contribution in [0.4, 0.5) is 0 Å². The monoisotopic (exact) mass is 286 g/mol. The van der Waals surface area contributed by atoms with Crippen LogP contribution in [0.2, 0.25) is 0 Å². The number of alkyl halides is 1. The standard InChI is InChI=1S/C13H23BrN2/c1-10(2)12-15-6-7-16(12)9-11(8-14)13(3,4)5/h6-7,10-11H,8-9H2,1-5H3. The summed E-state index contributed by atoms with van der Waals surface area (Å²) in [7, 11) is 0. The number of hydrogen-bond donors (Lipinski definition) is 0. The van der Waals surface area contributed by atoms with E-state index in [0.29, 0.717) is 17.3 Å². The molecule has 1 rings (SSSR count). The van der Waals surface area contributed by atoms with Gasteiger partial charge in [-0.3, -0.25) is 0 Å². The van der Waals surface area contributed by atoms with Gasteiger partial charge < -0.3 is 4.57 Å². The molecular weight excluding hydrogens is 264 g/mol. The third-order valence-electron chi connectivity index (χ3n) is 3.09. The Morgan fingerprint density at radius 2 is 2.00 bits per heavy atom. The van der Waals surface area contributed by atoms with Gasteiger partial charge in [0.05, 0.1) is 0 Å². The number of rotatable bonds is 4. The van der Waals surface area contributed by atoms with Crippen molar-refractivity contribution in [1.82, 2.24) is 9.55 Å². The number of nitrogens with zero attached hydrogens (tertiary/aromatic N) is 2. The Labute approximate surface area is 108 Å². The van der Waals surface area contributed by atoms with Crippen molar-refractivity contribution in [3.63, 3.8) is 0 Å². The van der Waals surface area contributed by atoms with Crippen LogP contribution in [0.25, 0.3) is 0 Å². The Kier molecular flexibility index (Phi) is 4.60. The first-order valence-electron chi connectivity index (χ1n) is 5.93. The highest BCUT2D eigenvalue weighted by Crippen LogP contribution is 2.29. The first-order valence-corrected chi connectivity index (χ1v) is 7.05. The molecule has 2 nitrogen and oxygen atoms in total. The maximum atomic E-state index is 4.43. The summed E-state index contributed by atoms with van der Waals surface area (Å²) < 4.78 is 2.29. The molecule has 0 aromatic carbocycles. The van der Waals surface area contributed by atoms with E-state index in [1.54, 1.807) is 0 Å². The molecule has 0 amide bonds. The highest BCUT2D eigenvalue weighted by molar-refractivity contribution is 9.09. The number of aromatic nitrogens is 2. The summed E-state index contributed by atoms with van der Waals surface area (Å²) in [4.78, 5) is 4.43. The van der Waals surface area contributed by atoms with Crippen molar-refractivity contribution in [3.8, 4) is 0 Å². The van der Waals surface area contributed by atoms with E-state index in [9.17, 15) is 0 Å². The third-order valence-corrected chi connectivity index (χ3v) is 3.87. The first-order chi connectivity index (χ1) is 7.36. The Morgan fingerprint density at radius 1 is 1.38 bits per heavy atom. The van der Waals surface area contributed by atoms with Gasteiger partial charge in [-0.2, -0.15) is 0 Å². The van der Waals surface area contributed by atoms with Crippen molar-refractivity contribution in [1.29, 1.82) is 0 Å². The van der Waals surface area contributed by atoms with E-state index in [1.165, 1.54) is 5.82 Å². The van der Waals surface area contributed by atoms with Gasteiger partial charge in [-0.15, -0.1) is 0 Å². The molecule has 0 N–H and O–H groups in total.